The molecule has 10 heteroatoms. The molecular formula is C22H20ClFN6O2. The van der Waals surface area contributed by atoms with Crippen molar-refractivity contribution in [2.45, 2.75) is 13.0 Å². The van der Waals surface area contributed by atoms with Crippen molar-refractivity contribution in [3.63, 3.8) is 0 Å². The average molecular weight is 455 g/mol. The Labute approximate surface area is 188 Å². The van der Waals surface area contributed by atoms with E-state index >= 15 is 0 Å². The maximum atomic E-state index is 13.9. The highest BCUT2D eigenvalue weighted by atomic mass is 35.5. The molecule has 3 heterocycles. The van der Waals surface area contributed by atoms with Crippen LogP contribution in [-0.2, 0) is 7.05 Å². The molecular weight excluding hydrogens is 435 g/mol. The summed E-state index contributed by atoms with van der Waals surface area (Å²) in [6.45, 7) is 1.54. The number of aliphatic hydroxyl groups excluding tert-OH is 1. The van der Waals surface area contributed by atoms with Gasteiger partial charge < -0.3 is 15.0 Å². The summed E-state index contributed by atoms with van der Waals surface area (Å²) in [7, 11) is 1.81. The van der Waals surface area contributed by atoms with Gasteiger partial charge in [0.05, 0.1) is 29.6 Å². The van der Waals surface area contributed by atoms with Crippen molar-refractivity contribution in [3.05, 3.63) is 87.3 Å². The monoisotopic (exact) mass is 454 g/mol. The number of nitrogens with zero attached hydrogens (tertiary/aromatic N) is 5. The van der Waals surface area contributed by atoms with Crippen molar-refractivity contribution < 1.29 is 9.50 Å². The normalized spacial score (nSPS) is 12.0. The molecule has 3 aromatic heterocycles. The molecule has 0 aliphatic heterocycles. The number of rotatable bonds is 6. The molecule has 0 spiro atoms. The van der Waals surface area contributed by atoms with E-state index in [0.717, 1.165) is 11.4 Å². The predicted molar refractivity (Wildman–Crippen MR) is 120 cm³/mol. The van der Waals surface area contributed by atoms with Gasteiger partial charge in [0.25, 0.3) is 5.56 Å². The highest BCUT2D eigenvalue weighted by Crippen LogP contribution is 2.24. The van der Waals surface area contributed by atoms with E-state index in [2.05, 4.69) is 20.4 Å². The van der Waals surface area contributed by atoms with Gasteiger partial charge in [-0.05, 0) is 36.8 Å². The first kappa shape index (κ1) is 21.7. The molecule has 0 fully saturated rings. The summed E-state index contributed by atoms with van der Waals surface area (Å²) < 4.78 is 16.9. The van der Waals surface area contributed by atoms with Crippen LogP contribution in [0.5, 0.6) is 0 Å². The van der Waals surface area contributed by atoms with E-state index in [9.17, 15) is 14.3 Å². The van der Waals surface area contributed by atoms with Gasteiger partial charge in [-0.2, -0.15) is 5.10 Å². The summed E-state index contributed by atoms with van der Waals surface area (Å²) >= 11 is 5.74. The maximum Gasteiger partial charge on any atom is 0.251 e. The summed E-state index contributed by atoms with van der Waals surface area (Å²) in [5, 5.41) is 17.1. The van der Waals surface area contributed by atoms with E-state index in [1.165, 1.54) is 22.8 Å². The molecule has 0 aliphatic carbocycles. The van der Waals surface area contributed by atoms with Gasteiger partial charge in [0.1, 0.15) is 11.6 Å². The smallest absolute Gasteiger partial charge is 0.251 e. The van der Waals surface area contributed by atoms with Crippen molar-refractivity contribution in [2.24, 2.45) is 7.05 Å². The molecule has 1 atom stereocenters. The van der Waals surface area contributed by atoms with Gasteiger partial charge in [-0.15, -0.1) is 0 Å². The summed E-state index contributed by atoms with van der Waals surface area (Å²) in [6.07, 6.45) is 4.87. The largest absolute Gasteiger partial charge is 0.394 e. The molecule has 0 saturated carbocycles. The fraction of sp³-hybridized carbons (Fsp3) is 0.182. The zero-order chi connectivity index (χ0) is 22.8. The molecule has 0 unspecified atom stereocenters. The Morgan fingerprint density at radius 3 is 2.72 bits per heavy atom. The molecule has 0 aliphatic rings. The van der Waals surface area contributed by atoms with Crippen LogP contribution in [0.15, 0.2) is 59.8 Å². The minimum atomic E-state index is -0.751. The molecule has 4 aromatic rings. The topological polar surface area (TPSA) is 97.9 Å². The standard InChI is InChI=1S/C22H20ClFN6O2/c1-13-11-26-29(2)21(13)28-22-25-7-5-18(27-22)14-6-8-30(20(32)10-14)19(12-31)15-3-4-16(23)17(24)9-15/h3-11,19,31H,12H2,1-2H3,(H,25,27,28)/t19-/m1/s1. The second-order valence-corrected chi connectivity index (χ2v) is 7.63. The van der Waals surface area contributed by atoms with E-state index in [1.54, 1.807) is 41.5 Å². The van der Waals surface area contributed by atoms with Crippen LogP contribution >= 0.6 is 11.6 Å². The number of halogens is 2. The highest BCUT2D eigenvalue weighted by Gasteiger charge is 2.17. The van der Waals surface area contributed by atoms with Crippen LogP contribution in [0.1, 0.15) is 17.2 Å². The minimum absolute atomic E-state index is 0.0253. The van der Waals surface area contributed by atoms with E-state index in [0.29, 0.717) is 22.8 Å². The van der Waals surface area contributed by atoms with Crippen LogP contribution < -0.4 is 10.9 Å². The number of aromatic nitrogens is 5. The third kappa shape index (κ3) is 4.25. The van der Waals surface area contributed by atoms with Crippen molar-refractivity contribution in [1.82, 2.24) is 24.3 Å². The van der Waals surface area contributed by atoms with Gasteiger partial charge in [0, 0.05) is 36.6 Å². The van der Waals surface area contributed by atoms with E-state index < -0.39 is 11.9 Å². The van der Waals surface area contributed by atoms with Crippen molar-refractivity contribution in [3.8, 4) is 11.3 Å². The summed E-state index contributed by atoms with van der Waals surface area (Å²) in [5.41, 5.74) is 2.14. The summed E-state index contributed by atoms with van der Waals surface area (Å²) in [5.74, 6) is 0.513. The number of hydrogen-bond donors (Lipinski definition) is 2. The molecule has 32 heavy (non-hydrogen) atoms. The molecule has 0 saturated heterocycles. The van der Waals surface area contributed by atoms with Crippen LogP contribution in [0, 0.1) is 12.7 Å². The van der Waals surface area contributed by atoms with Crippen molar-refractivity contribution in [1.29, 1.82) is 0 Å². The number of nitrogens with one attached hydrogen (secondary N) is 1. The number of anilines is 2. The molecule has 164 valence electrons. The Kier molecular flexibility index (Phi) is 6.02. The second kappa shape index (κ2) is 8.89. The quantitative estimate of drug-likeness (QED) is 0.463. The lowest BCUT2D eigenvalue weighted by molar-refractivity contribution is 0.247. The third-order valence-corrected chi connectivity index (χ3v) is 5.40. The van der Waals surface area contributed by atoms with E-state index in [-0.39, 0.29) is 17.2 Å². The number of pyridine rings is 1. The van der Waals surface area contributed by atoms with Gasteiger partial charge >= 0.3 is 0 Å². The van der Waals surface area contributed by atoms with Crippen LogP contribution in [-0.4, -0.2) is 36.0 Å². The minimum Gasteiger partial charge on any atom is -0.394 e. The zero-order valence-electron chi connectivity index (χ0n) is 17.3. The first-order chi connectivity index (χ1) is 15.4. The lowest BCUT2D eigenvalue weighted by atomic mass is 10.1. The first-order valence-corrected chi connectivity index (χ1v) is 10.1. The molecule has 4 rings (SSSR count). The maximum absolute atomic E-state index is 13.9. The van der Waals surface area contributed by atoms with Crippen molar-refractivity contribution in [2.75, 3.05) is 11.9 Å². The second-order valence-electron chi connectivity index (χ2n) is 7.22. The van der Waals surface area contributed by atoms with E-state index in [4.69, 9.17) is 11.6 Å². The SMILES string of the molecule is Cc1cnn(C)c1Nc1nccc(-c2ccn([C@H](CO)c3ccc(Cl)c(F)c3)c(=O)c2)n1. The Balaban J connectivity index is 1.64. The average Bonchev–Trinajstić information content (AvgIpc) is 3.10. The first-order valence-electron chi connectivity index (χ1n) is 9.74. The number of hydrogen-bond acceptors (Lipinski definition) is 6. The fourth-order valence-electron chi connectivity index (χ4n) is 3.39. The Bertz CT molecular complexity index is 1320. The Hall–Kier alpha value is -3.56. The van der Waals surface area contributed by atoms with E-state index in [1.807, 2.05) is 14.0 Å². The summed E-state index contributed by atoms with van der Waals surface area (Å²) in [6, 6.07) is 8.25. The van der Waals surface area contributed by atoms with Gasteiger partial charge in [0.15, 0.2) is 0 Å². The lowest BCUT2D eigenvalue weighted by Gasteiger charge is -2.18. The lowest BCUT2D eigenvalue weighted by Crippen LogP contribution is -2.27. The van der Waals surface area contributed by atoms with Gasteiger partial charge in [-0.3, -0.25) is 9.48 Å². The molecule has 0 bridgehead atoms. The predicted octanol–water partition coefficient (Wildman–Crippen LogP) is 3.47. The molecule has 2 N–H and O–H groups in total. The Morgan fingerprint density at radius 1 is 1.25 bits per heavy atom. The number of benzene rings is 1. The van der Waals surface area contributed by atoms with Gasteiger partial charge in [0.2, 0.25) is 5.95 Å². The summed E-state index contributed by atoms with van der Waals surface area (Å²) in [4.78, 5) is 21.6. The Morgan fingerprint density at radius 2 is 2.06 bits per heavy atom. The molecule has 0 radical (unpaired) electrons. The van der Waals surface area contributed by atoms with Crippen LogP contribution in [0.2, 0.25) is 5.02 Å². The zero-order valence-corrected chi connectivity index (χ0v) is 18.1. The van der Waals surface area contributed by atoms with Gasteiger partial charge in [-0.25, -0.2) is 14.4 Å². The highest BCUT2D eigenvalue weighted by molar-refractivity contribution is 6.30. The van der Waals surface area contributed by atoms with Crippen LogP contribution in [0.3, 0.4) is 0 Å². The van der Waals surface area contributed by atoms with Crippen LogP contribution in [0.25, 0.3) is 11.3 Å². The molecule has 1 aromatic carbocycles. The number of aryl methyl sites for hydroxylation is 2. The molecule has 0 amide bonds. The third-order valence-electron chi connectivity index (χ3n) is 5.09. The molecule has 8 nitrogen and oxygen atoms in total. The van der Waals surface area contributed by atoms with Gasteiger partial charge in [-0.1, -0.05) is 17.7 Å². The van der Waals surface area contributed by atoms with Crippen molar-refractivity contribution >= 4 is 23.4 Å². The van der Waals surface area contributed by atoms with Crippen LogP contribution in [0.4, 0.5) is 16.2 Å². The fourth-order valence-corrected chi connectivity index (χ4v) is 3.51. The number of aliphatic hydroxyl groups is 1.